The first-order valence-corrected chi connectivity index (χ1v) is 14.5. The Morgan fingerprint density at radius 2 is 1.79 bits per heavy atom. The Kier molecular flexibility index (Phi) is 7.32. The smallest absolute Gasteiger partial charge is 0.174 e. The number of hydrogen-bond acceptors (Lipinski definition) is 5. The Morgan fingerprint density at radius 3 is 2.53 bits per heavy atom. The van der Waals surface area contributed by atoms with Gasteiger partial charge < -0.3 is 19.5 Å². The second kappa shape index (κ2) is 11.0. The maximum Gasteiger partial charge on any atom is 0.174 e. The fourth-order valence-corrected chi connectivity index (χ4v) is 6.67. The summed E-state index contributed by atoms with van der Waals surface area (Å²) in [6, 6.07) is 26.1. The van der Waals surface area contributed by atoms with Crippen LogP contribution >= 0.6 is 35.6 Å². The standard InChI is InChI=1S/C30H29ClN4OS2/c1-20-14-17-34(18-15-20)25-11-10-21(19-23(25)31)35-29(28(33-30(35)37)24-9-5-6-16-32-24)26-12-13-27(36-26)38-22-7-3-2-4-8-22/h2-13,16,19-20,28-29H,14-15,17-18H2,1H3,(H,33,37)/t28-,29-/m1/s1. The summed E-state index contributed by atoms with van der Waals surface area (Å²) in [4.78, 5) is 10.3. The van der Waals surface area contributed by atoms with Gasteiger partial charge in [0.1, 0.15) is 11.8 Å². The van der Waals surface area contributed by atoms with E-state index in [1.165, 1.54) is 12.8 Å². The minimum Gasteiger partial charge on any atom is -0.452 e. The normalized spacial score (nSPS) is 20.1. The molecule has 2 atom stereocenters. The molecule has 0 saturated carbocycles. The number of benzene rings is 2. The van der Waals surface area contributed by atoms with Gasteiger partial charge in [-0.05, 0) is 85.6 Å². The number of piperidine rings is 1. The number of hydrogen-bond donors (Lipinski definition) is 1. The minimum absolute atomic E-state index is 0.175. The van der Waals surface area contributed by atoms with E-state index in [4.69, 9.17) is 28.2 Å². The van der Waals surface area contributed by atoms with Crippen molar-refractivity contribution in [3.63, 3.8) is 0 Å². The van der Waals surface area contributed by atoms with Crippen molar-refractivity contribution in [2.75, 3.05) is 22.9 Å². The maximum absolute atomic E-state index is 6.90. The Hall–Kier alpha value is -3.00. The van der Waals surface area contributed by atoms with Crippen molar-refractivity contribution < 1.29 is 4.42 Å². The predicted octanol–water partition coefficient (Wildman–Crippen LogP) is 7.89. The van der Waals surface area contributed by atoms with Crippen molar-refractivity contribution in [1.82, 2.24) is 10.3 Å². The Bertz CT molecular complexity index is 1410. The summed E-state index contributed by atoms with van der Waals surface area (Å²) in [6.07, 6.45) is 4.19. The molecule has 4 aromatic rings. The van der Waals surface area contributed by atoms with Gasteiger partial charge >= 0.3 is 0 Å². The fraction of sp³-hybridized carbons (Fsp3) is 0.267. The van der Waals surface area contributed by atoms with E-state index >= 15 is 0 Å². The number of nitrogens with zero attached hydrogens (tertiary/aromatic N) is 3. The molecule has 2 fully saturated rings. The van der Waals surface area contributed by atoms with Gasteiger partial charge in [-0.1, -0.05) is 54.6 Å². The van der Waals surface area contributed by atoms with Gasteiger partial charge in [-0.2, -0.15) is 0 Å². The van der Waals surface area contributed by atoms with Gasteiger partial charge in [-0.15, -0.1) is 0 Å². The van der Waals surface area contributed by atoms with E-state index in [9.17, 15) is 0 Å². The largest absolute Gasteiger partial charge is 0.452 e. The molecule has 4 heterocycles. The molecule has 0 amide bonds. The number of pyridine rings is 1. The van der Waals surface area contributed by atoms with E-state index in [0.717, 1.165) is 56.8 Å². The molecule has 2 aliphatic rings. The monoisotopic (exact) mass is 560 g/mol. The zero-order chi connectivity index (χ0) is 26.1. The highest BCUT2D eigenvalue weighted by Gasteiger charge is 2.42. The van der Waals surface area contributed by atoms with Crippen molar-refractivity contribution in [3.8, 4) is 0 Å². The molecule has 0 bridgehead atoms. The number of halogens is 1. The lowest BCUT2D eigenvalue weighted by Crippen LogP contribution is -2.33. The van der Waals surface area contributed by atoms with Gasteiger partial charge in [0.2, 0.25) is 0 Å². The van der Waals surface area contributed by atoms with Crippen molar-refractivity contribution in [2.24, 2.45) is 5.92 Å². The Balaban J connectivity index is 1.34. The summed E-state index contributed by atoms with van der Waals surface area (Å²) in [5.41, 5.74) is 2.91. The van der Waals surface area contributed by atoms with Crippen LogP contribution in [0.5, 0.6) is 0 Å². The molecule has 6 rings (SSSR count). The van der Waals surface area contributed by atoms with Crippen LogP contribution < -0.4 is 15.1 Å². The fourth-order valence-electron chi connectivity index (χ4n) is 5.23. The maximum atomic E-state index is 6.90. The highest BCUT2D eigenvalue weighted by atomic mass is 35.5. The number of rotatable bonds is 6. The molecule has 1 N–H and O–H groups in total. The first kappa shape index (κ1) is 25.3. The van der Waals surface area contributed by atoms with Gasteiger partial charge in [-0.25, -0.2) is 0 Å². The Labute approximate surface area is 238 Å². The third-order valence-corrected chi connectivity index (χ3v) is 8.83. The van der Waals surface area contributed by atoms with Gasteiger partial charge in [0.25, 0.3) is 0 Å². The number of furan rings is 1. The summed E-state index contributed by atoms with van der Waals surface area (Å²) in [7, 11) is 0. The Morgan fingerprint density at radius 1 is 1.00 bits per heavy atom. The van der Waals surface area contributed by atoms with E-state index < -0.39 is 0 Å². The summed E-state index contributed by atoms with van der Waals surface area (Å²) in [5, 5.41) is 5.69. The molecule has 0 aliphatic carbocycles. The second-order valence-corrected chi connectivity index (χ2v) is 11.7. The van der Waals surface area contributed by atoms with E-state index in [2.05, 4.69) is 51.3 Å². The van der Waals surface area contributed by atoms with Crippen LogP contribution in [-0.4, -0.2) is 23.2 Å². The number of aromatic nitrogens is 1. The lowest BCUT2D eigenvalue weighted by molar-refractivity contribution is 0.383. The predicted molar refractivity (Wildman–Crippen MR) is 159 cm³/mol. The van der Waals surface area contributed by atoms with Crippen molar-refractivity contribution >= 4 is 52.1 Å². The van der Waals surface area contributed by atoms with Crippen molar-refractivity contribution in [3.05, 3.63) is 102 Å². The van der Waals surface area contributed by atoms with E-state index in [-0.39, 0.29) is 12.1 Å². The summed E-state index contributed by atoms with van der Waals surface area (Å²) >= 11 is 14.4. The third-order valence-electron chi connectivity index (χ3n) is 7.29. The SMILES string of the molecule is CC1CCN(c2ccc(N3C(=S)N[C@H](c4ccccn4)[C@H]3c3ccc(Sc4ccccc4)o3)cc2Cl)CC1. The molecule has 2 aromatic carbocycles. The average Bonchev–Trinajstić information content (AvgIpc) is 3.54. The molecular weight excluding hydrogens is 532 g/mol. The number of thiocarbonyl (C=S) groups is 1. The van der Waals surface area contributed by atoms with Crippen LogP contribution in [0.3, 0.4) is 0 Å². The van der Waals surface area contributed by atoms with E-state index in [1.807, 2.05) is 60.8 Å². The van der Waals surface area contributed by atoms with Crippen molar-refractivity contribution in [1.29, 1.82) is 0 Å². The highest BCUT2D eigenvalue weighted by Crippen LogP contribution is 2.45. The molecule has 5 nitrogen and oxygen atoms in total. The minimum atomic E-state index is -0.222. The molecule has 2 aromatic heterocycles. The van der Waals surface area contributed by atoms with Crippen LogP contribution in [-0.2, 0) is 0 Å². The summed E-state index contributed by atoms with van der Waals surface area (Å²) < 4.78 is 6.44. The topological polar surface area (TPSA) is 44.5 Å². The van der Waals surface area contributed by atoms with Gasteiger partial charge in [0.05, 0.1) is 22.4 Å². The van der Waals surface area contributed by atoms with Crippen LogP contribution in [0.1, 0.15) is 43.3 Å². The molecule has 0 unspecified atom stereocenters. The molecule has 194 valence electrons. The third kappa shape index (κ3) is 5.15. The molecule has 0 radical (unpaired) electrons. The van der Waals surface area contributed by atoms with Gasteiger partial charge in [0, 0.05) is 29.9 Å². The first-order valence-electron chi connectivity index (χ1n) is 12.9. The average molecular weight is 561 g/mol. The van der Waals surface area contributed by atoms with Crippen molar-refractivity contribution in [2.45, 2.75) is 41.8 Å². The highest BCUT2D eigenvalue weighted by molar-refractivity contribution is 7.99. The zero-order valence-electron chi connectivity index (χ0n) is 21.1. The molecular formula is C30H29ClN4OS2. The lowest BCUT2D eigenvalue weighted by atomic mass is 9.98. The number of nitrogens with one attached hydrogen (secondary N) is 1. The van der Waals surface area contributed by atoms with Crippen LogP contribution in [0, 0.1) is 5.92 Å². The molecule has 0 spiro atoms. The quantitative estimate of drug-likeness (QED) is 0.240. The lowest BCUT2D eigenvalue weighted by Gasteiger charge is -2.33. The molecule has 2 aliphatic heterocycles. The zero-order valence-corrected chi connectivity index (χ0v) is 23.5. The van der Waals surface area contributed by atoms with Crippen LogP contribution in [0.2, 0.25) is 5.02 Å². The molecule has 38 heavy (non-hydrogen) atoms. The van der Waals surface area contributed by atoms with Crippen LogP contribution in [0.15, 0.2) is 99.5 Å². The van der Waals surface area contributed by atoms with E-state index in [1.54, 1.807) is 11.8 Å². The molecule has 2 saturated heterocycles. The first-order chi connectivity index (χ1) is 18.6. The second-order valence-electron chi connectivity index (χ2n) is 9.87. The van der Waals surface area contributed by atoms with Gasteiger partial charge in [0.15, 0.2) is 10.2 Å². The van der Waals surface area contributed by atoms with Crippen LogP contribution in [0.4, 0.5) is 11.4 Å². The summed E-state index contributed by atoms with van der Waals surface area (Å²) in [5.74, 6) is 1.58. The summed E-state index contributed by atoms with van der Waals surface area (Å²) in [6.45, 7) is 4.38. The van der Waals surface area contributed by atoms with E-state index in [0.29, 0.717) is 5.11 Å². The molecule has 8 heteroatoms. The van der Waals surface area contributed by atoms with Gasteiger partial charge in [-0.3, -0.25) is 4.98 Å². The number of anilines is 2. The van der Waals surface area contributed by atoms with Crippen LogP contribution in [0.25, 0.3) is 0 Å².